The van der Waals surface area contributed by atoms with E-state index in [0.29, 0.717) is 0 Å². The summed E-state index contributed by atoms with van der Waals surface area (Å²) in [7, 11) is 0. The molecule has 0 bridgehead atoms. The van der Waals surface area contributed by atoms with Crippen LogP contribution in [-0.2, 0) is 0 Å². The van der Waals surface area contributed by atoms with Crippen molar-refractivity contribution in [2.45, 2.75) is 31.7 Å². The van der Waals surface area contributed by atoms with Crippen LogP contribution < -0.4 is 15.1 Å². The van der Waals surface area contributed by atoms with E-state index in [1.807, 2.05) is 12.1 Å². The van der Waals surface area contributed by atoms with Crippen LogP contribution in [0.2, 0.25) is 0 Å². The molecule has 0 radical (unpaired) electrons. The Balaban J connectivity index is 1.36. The van der Waals surface area contributed by atoms with Gasteiger partial charge in [-0.3, -0.25) is 9.78 Å². The lowest BCUT2D eigenvalue weighted by molar-refractivity contribution is 0.0933. The summed E-state index contributed by atoms with van der Waals surface area (Å²) < 4.78 is 0. The van der Waals surface area contributed by atoms with E-state index >= 15 is 0 Å². The van der Waals surface area contributed by atoms with Gasteiger partial charge in [0.15, 0.2) is 0 Å². The van der Waals surface area contributed by atoms with Crippen molar-refractivity contribution in [2.24, 2.45) is 0 Å². The summed E-state index contributed by atoms with van der Waals surface area (Å²) in [5, 5.41) is 3.18. The Morgan fingerprint density at radius 3 is 2.50 bits per heavy atom. The van der Waals surface area contributed by atoms with E-state index in [1.165, 1.54) is 18.5 Å². The first-order valence-corrected chi connectivity index (χ1v) is 9.46. The maximum Gasteiger partial charge on any atom is 0.251 e. The molecular weight excluding hydrogens is 326 g/mol. The van der Waals surface area contributed by atoms with Gasteiger partial charge >= 0.3 is 0 Å². The molecule has 1 amide bonds. The smallest absolute Gasteiger partial charge is 0.251 e. The van der Waals surface area contributed by atoms with Gasteiger partial charge in [-0.05, 0) is 49.9 Å². The van der Waals surface area contributed by atoms with Gasteiger partial charge in [0.1, 0.15) is 5.82 Å². The Labute approximate surface area is 154 Å². The molecule has 1 aromatic heterocycles. The summed E-state index contributed by atoms with van der Waals surface area (Å²) >= 11 is 0. The van der Waals surface area contributed by atoms with Gasteiger partial charge in [-0.2, -0.15) is 0 Å². The van der Waals surface area contributed by atoms with Gasteiger partial charge in [0.2, 0.25) is 0 Å². The van der Waals surface area contributed by atoms with Crippen molar-refractivity contribution in [2.75, 3.05) is 36.0 Å². The third-order valence-corrected chi connectivity index (χ3v) is 5.23. The largest absolute Gasteiger partial charge is 0.372 e. The fourth-order valence-corrected chi connectivity index (χ4v) is 3.83. The predicted molar refractivity (Wildman–Crippen MR) is 103 cm³/mol. The number of aromatic nitrogens is 2. The van der Waals surface area contributed by atoms with E-state index in [-0.39, 0.29) is 11.9 Å². The summed E-state index contributed by atoms with van der Waals surface area (Å²) in [6.07, 6.45) is 9.71. The molecular formula is C20H25N5O. The number of amides is 1. The van der Waals surface area contributed by atoms with Gasteiger partial charge in [0.05, 0.1) is 6.20 Å². The second-order valence-electron chi connectivity index (χ2n) is 7.06. The van der Waals surface area contributed by atoms with Crippen molar-refractivity contribution in [1.29, 1.82) is 0 Å². The number of benzene rings is 1. The molecule has 0 spiro atoms. The molecule has 3 heterocycles. The molecule has 6 nitrogen and oxygen atoms in total. The van der Waals surface area contributed by atoms with Gasteiger partial charge in [-0.1, -0.05) is 0 Å². The van der Waals surface area contributed by atoms with Crippen LogP contribution in [0.4, 0.5) is 11.5 Å². The molecule has 0 unspecified atom stereocenters. The van der Waals surface area contributed by atoms with E-state index in [2.05, 4.69) is 37.2 Å². The van der Waals surface area contributed by atoms with Crippen molar-refractivity contribution < 1.29 is 4.79 Å². The zero-order valence-electron chi connectivity index (χ0n) is 15.0. The van der Waals surface area contributed by atoms with E-state index in [0.717, 1.165) is 50.4 Å². The number of hydrogen-bond acceptors (Lipinski definition) is 5. The monoisotopic (exact) mass is 351 g/mol. The average molecular weight is 351 g/mol. The van der Waals surface area contributed by atoms with Crippen molar-refractivity contribution >= 4 is 17.4 Å². The Morgan fingerprint density at radius 2 is 1.77 bits per heavy atom. The predicted octanol–water partition coefficient (Wildman–Crippen LogP) is 2.48. The zero-order valence-corrected chi connectivity index (χ0v) is 15.0. The molecule has 1 aromatic carbocycles. The Morgan fingerprint density at radius 1 is 1.00 bits per heavy atom. The van der Waals surface area contributed by atoms with Crippen LogP contribution >= 0.6 is 0 Å². The third-order valence-electron chi connectivity index (χ3n) is 5.23. The van der Waals surface area contributed by atoms with Crippen LogP contribution in [0.1, 0.15) is 36.0 Å². The minimum atomic E-state index is 0.00367. The first-order valence-electron chi connectivity index (χ1n) is 9.46. The standard InChI is InChI=1S/C20H25N5O/c26-20(16-5-7-18(8-6-16)24-11-1-2-12-24)23-17-4-3-13-25(15-17)19-14-21-9-10-22-19/h5-10,14,17H,1-4,11-13,15H2,(H,23,26)/t17-/m1/s1. The first kappa shape index (κ1) is 16.8. The third kappa shape index (κ3) is 3.79. The molecule has 26 heavy (non-hydrogen) atoms. The Kier molecular flexibility index (Phi) is 5.00. The minimum Gasteiger partial charge on any atom is -0.372 e. The molecule has 136 valence electrons. The fraction of sp³-hybridized carbons (Fsp3) is 0.450. The SMILES string of the molecule is O=C(N[C@@H]1CCCN(c2cnccn2)C1)c1ccc(N2CCCC2)cc1. The highest BCUT2D eigenvalue weighted by Gasteiger charge is 2.23. The summed E-state index contributed by atoms with van der Waals surface area (Å²) in [6.45, 7) is 3.96. The van der Waals surface area contributed by atoms with Crippen LogP contribution in [0.5, 0.6) is 0 Å². The zero-order chi connectivity index (χ0) is 17.8. The number of carbonyl (C=O) groups is 1. The topological polar surface area (TPSA) is 61.4 Å². The van der Waals surface area contributed by atoms with Crippen LogP contribution in [-0.4, -0.2) is 48.1 Å². The number of rotatable bonds is 4. The number of carbonyl (C=O) groups excluding carboxylic acids is 1. The Bertz CT molecular complexity index is 728. The highest BCUT2D eigenvalue weighted by atomic mass is 16.1. The van der Waals surface area contributed by atoms with Crippen molar-refractivity contribution in [3.05, 3.63) is 48.4 Å². The number of anilines is 2. The maximum absolute atomic E-state index is 12.6. The lowest BCUT2D eigenvalue weighted by Crippen LogP contribution is -2.48. The quantitative estimate of drug-likeness (QED) is 0.917. The van der Waals surface area contributed by atoms with Gasteiger partial charge in [-0.25, -0.2) is 4.98 Å². The second-order valence-corrected chi connectivity index (χ2v) is 7.06. The van der Waals surface area contributed by atoms with Crippen LogP contribution in [0.15, 0.2) is 42.9 Å². The Hall–Kier alpha value is -2.63. The van der Waals surface area contributed by atoms with Gasteiger partial charge in [0.25, 0.3) is 5.91 Å². The molecule has 1 N–H and O–H groups in total. The number of piperidine rings is 1. The van der Waals surface area contributed by atoms with Gasteiger partial charge in [-0.15, -0.1) is 0 Å². The molecule has 2 aromatic rings. The van der Waals surface area contributed by atoms with E-state index in [1.54, 1.807) is 18.6 Å². The molecule has 4 rings (SSSR count). The summed E-state index contributed by atoms with van der Waals surface area (Å²) in [6, 6.07) is 8.13. The number of nitrogens with one attached hydrogen (secondary N) is 1. The summed E-state index contributed by atoms with van der Waals surface area (Å²) in [5.74, 6) is 0.880. The molecule has 6 heteroatoms. The lowest BCUT2D eigenvalue weighted by atomic mass is 10.0. The lowest BCUT2D eigenvalue weighted by Gasteiger charge is -2.33. The normalized spacial score (nSPS) is 20.2. The number of hydrogen-bond donors (Lipinski definition) is 1. The average Bonchev–Trinajstić information content (AvgIpc) is 3.24. The van der Waals surface area contributed by atoms with E-state index in [9.17, 15) is 4.79 Å². The highest BCUT2D eigenvalue weighted by Crippen LogP contribution is 2.21. The highest BCUT2D eigenvalue weighted by molar-refractivity contribution is 5.94. The van der Waals surface area contributed by atoms with Crippen molar-refractivity contribution in [1.82, 2.24) is 15.3 Å². The van der Waals surface area contributed by atoms with Gasteiger partial charge in [0, 0.05) is 55.9 Å². The van der Waals surface area contributed by atoms with Crippen molar-refractivity contribution in [3.63, 3.8) is 0 Å². The van der Waals surface area contributed by atoms with E-state index in [4.69, 9.17) is 0 Å². The van der Waals surface area contributed by atoms with Crippen LogP contribution in [0.3, 0.4) is 0 Å². The van der Waals surface area contributed by atoms with Crippen molar-refractivity contribution in [3.8, 4) is 0 Å². The van der Waals surface area contributed by atoms with Crippen LogP contribution in [0, 0.1) is 0 Å². The molecule has 2 fully saturated rings. The fourth-order valence-electron chi connectivity index (χ4n) is 3.83. The summed E-state index contributed by atoms with van der Waals surface area (Å²) in [4.78, 5) is 25.7. The van der Waals surface area contributed by atoms with E-state index < -0.39 is 0 Å². The molecule has 1 atom stereocenters. The molecule has 2 aliphatic rings. The minimum absolute atomic E-state index is 0.00367. The van der Waals surface area contributed by atoms with Crippen LogP contribution in [0.25, 0.3) is 0 Å². The molecule has 0 aliphatic carbocycles. The number of nitrogens with zero attached hydrogens (tertiary/aromatic N) is 4. The molecule has 0 saturated carbocycles. The maximum atomic E-state index is 12.6. The molecule has 2 aliphatic heterocycles. The molecule has 2 saturated heterocycles. The second kappa shape index (κ2) is 7.72. The van der Waals surface area contributed by atoms with Gasteiger partial charge < -0.3 is 15.1 Å². The first-order chi connectivity index (χ1) is 12.8. The summed E-state index contributed by atoms with van der Waals surface area (Å²) in [5.41, 5.74) is 1.94.